The molecule has 2 N–H and O–H groups in total. The summed E-state index contributed by atoms with van der Waals surface area (Å²) in [5.74, 6) is -1.17. The fourth-order valence-corrected chi connectivity index (χ4v) is 1.79. The highest BCUT2D eigenvalue weighted by Gasteiger charge is 2.11. The number of urea groups is 1. The van der Waals surface area contributed by atoms with Gasteiger partial charge in [0.2, 0.25) is 0 Å². The Hall–Kier alpha value is -2.11. The van der Waals surface area contributed by atoms with Crippen molar-refractivity contribution in [1.82, 2.24) is 15.2 Å². The van der Waals surface area contributed by atoms with E-state index in [1.165, 1.54) is 0 Å². The Balaban J connectivity index is 2.18. The molecule has 0 aromatic carbocycles. The molecule has 6 heteroatoms. The molecule has 0 fully saturated rings. The van der Waals surface area contributed by atoms with E-state index < -0.39 is 5.97 Å². The predicted molar refractivity (Wildman–Crippen MR) is 80.0 cm³/mol. The zero-order valence-electron chi connectivity index (χ0n) is 12.6. The summed E-state index contributed by atoms with van der Waals surface area (Å²) >= 11 is 0. The minimum atomic E-state index is -0.797. The first-order valence-electron chi connectivity index (χ1n) is 7.12. The van der Waals surface area contributed by atoms with Crippen LogP contribution in [-0.2, 0) is 11.2 Å². The summed E-state index contributed by atoms with van der Waals surface area (Å²) in [6, 6.07) is 5.57. The average molecular weight is 293 g/mol. The summed E-state index contributed by atoms with van der Waals surface area (Å²) in [5, 5.41) is 11.5. The van der Waals surface area contributed by atoms with Crippen molar-refractivity contribution in [2.45, 2.75) is 26.2 Å². The van der Waals surface area contributed by atoms with Gasteiger partial charge in [-0.05, 0) is 25.0 Å². The molecule has 116 valence electrons. The molecule has 21 heavy (non-hydrogen) atoms. The Kier molecular flexibility index (Phi) is 7.21. The lowest BCUT2D eigenvalue weighted by Gasteiger charge is -2.18. The van der Waals surface area contributed by atoms with Gasteiger partial charge in [-0.1, -0.05) is 13.0 Å². The van der Waals surface area contributed by atoms with E-state index in [-0.39, 0.29) is 11.9 Å². The predicted octanol–water partition coefficient (Wildman–Crippen LogP) is 1.77. The summed E-state index contributed by atoms with van der Waals surface area (Å²) in [4.78, 5) is 28.3. The van der Waals surface area contributed by atoms with Gasteiger partial charge >= 0.3 is 12.0 Å². The zero-order chi connectivity index (χ0) is 15.7. The molecule has 0 bridgehead atoms. The van der Waals surface area contributed by atoms with Gasteiger partial charge in [-0.3, -0.25) is 9.78 Å². The Morgan fingerprint density at radius 3 is 2.81 bits per heavy atom. The average Bonchev–Trinajstić information content (AvgIpc) is 2.49. The lowest BCUT2D eigenvalue weighted by Crippen LogP contribution is -2.39. The van der Waals surface area contributed by atoms with Crippen molar-refractivity contribution in [2.75, 3.05) is 20.1 Å². The van der Waals surface area contributed by atoms with Gasteiger partial charge in [-0.2, -0.15) is 0 Å². The van der Waals surface area contributed by atoms with Gasteiger partial charge in [-0.25, -0.2) is 4.79 Å². The van der Waals surface area contributed by atoms with Gasteiger partial charge in [0.15, 0.2) is 0 Å². The Labute approximate surface area is 125 Å². The van der Waals surface area contributed by atoms with E-state index in [0.717, 1.165) is 5.69 Å². The largest absolute Gasteiger partial charge is 0.481 e. The van der Waals surface area contributed by atoms with E-state index in [9.17, 15) is 9.59 Å². The maximum Gasteiger partial charge on any atom is 0.317 e. The second-order valence-electron chi connectivity index (χ2n) is 5.11. The summed E-state index contributed by atoms with van der Waals surface area (Å²) in [6.07, 6.45) is 3.67. The van der Waals surface area contributed by atoms with E-state index in [1.54, 1.807) is 25.1 Å². The number of carbonyl (C=O) groups is 2. The molecule has 1 heterocycles. The Morgan fingerprint density at radius 2 is 2.19 bits per heavy atom. The summed E-state index contributed by atoms with van der Waals surface area (Å²) in [5.41, 5.74) is 0.951. The molecule has 0 spiro atoms. The summed E-state index contributed by atoms with van der Waals surface area (Å²) in [6.45, 7) is 2.75. The van der Waals surface area contributed by atoms with Crippen molar-refractivity contribution in [3.05, 3.63) is 30.1 Å². The van der Waals surface area contributed by atoms with Crippen LogP contribution in [0.5, 0.6) is 0 Å². The zero-order valence-corrected chi connectivity index (χ0v) is 12.6. The number of hydrogen-bond acceptors (Lipinski definition) is 3. The van der Waals surface area contributed by atoms with Gasteiger partial charge in [0.05, 0.1) is 5.92 Å². The van der Waals surface area contributed by atoms with Crippen LogP contribution in [-0.4, -0.2) is 47.1 Å². The van der Waals surface area contributed by atoms with Crippen LogP contribution >= 0.6 is 0 Å². The molecular weight excluding hydrogens is 270 g/mol. The number of rotatable bonds is 8. The molecule has 1 aromatic rings. The van der Waals surface area contributed by atoms with Crippen molar-refractivity contribution < 1.29 is 14.7 Å². The van der Waals surface area contributed by atoms with Crippen molar-refractivity contribution in [3.8, 4) is 0 Å². The maximum atomic E-state index is 11.8. The van der Waals surface area contributed by atoms with Crippen LogP contribution in [0.3, 0.4) is 0 Å². The topological polar surface area (TPSA) is 82.5 Å². The molecule has 0 saturated carbocycles. The number of carbonyl (C=O) groups excluding carboxylic acids is 1. The van der Waals surface area contributed by atoms with Gasteiger partial charge in [0.1, 0.15) is 0 Å². The van der Waals surface area contributed by atoms with E-state index in [2.05, 4.69) is 10.3 Å². The second-order valence-corrected chi connectivity index (χ2v) is 5.11. The molecule has 1 atom stereocenters. The Bertz CT molecular complexity index is 451. The monoisotopic (exact) mass is 293 g/mol. The fourth-order valence-electron chi connectivity index (χ4n) is 1.79. The third-order valence-electron chi connectivity index (χ3n) is 3.29. The molecule has 0 aliphatic heterocycles. The van der Waals surface area contributed by atoms with E-state index >= 15 is 0 Å². The first-order valence-corrected chi connectivity index (χ1v) is 7.12. The fraction of sp³-hybridized carbons (Fsp3) is 0.533. The number of nitrogens with one attached hydrogen (secondary N) is 1. The van der Waals surface area contributed by atoms with Crippen molar-refractivity contribution in [2.24, 2.45) is 5.92 Å². The van der Waals surface area contributed by atoms with Crippen molar-refractivity contribution in [1.29, 1.82) is 0 Å². The molecule has 1 aromatic heterocycles. The van der Waals surface area contributed by atoms with E-state index in [0.29, 0.717) is 32.4 Å². The van der Waals surface area contributed by atoms with Crippen LogP contribution in [0.25, 0.3) is 0 Å². The quantitative estimate of drug-likeness (QED) is 0.716. The maximum absolute atomic E-state index is 11.8. The van der Waals surface area contributed by atoms with Gasteiger partial charge < -0.3 is 15.3 Å². The van der Waals surface area contributed by atoms with Crippen LogP contribution in [0.2, 0.25) is 0 Å². The smallest absolute Gasteiger partial charge is 0.317 e. The lowest BCUT2D eigenvalue weighted by molar-refractivity contribution is -0.141. The molecular formula is C15H23N3O3. The highest BCUT2D eigenvalue weighted by molar-refractivity contribution is 5.73. The van der Waals surface area contributed by atoms with E-state index in [4.69, 9.17) is 5.11 Å². The standard InChI is InChI=1S/C15H23N3O3/c1-12(14(19)20)6-5-10-17-15(21)18(2)11-8-13-7-3-4-9-16-13/h3-4,7,9,12H,5-6,8,10-11H2,1-2H3,(H,17,21)(H,19,20). The molecule has 2 amide bonds. The number of pyridine rings is 1. The number of likely N-dealkylation sites (N-methyl/N-ethyl adjacent to an activating group) is 1. The minimum absolute atomic E-state index is 0.145. The number of nitrogens with zero attached hydrogens (tertiary/aromatic N) is 2. The van der Waals surface area contributed by atoms with Gasteiger partial charge in [-0.15, -0.1) is 0 Å². The molecule has 0 radical (unpaired) electrons. The lowest BCUT2D eigenvalue weighted by atomic mass is 10.1. The molecule has 6 nitrogen and oxygen atoms in total. The number of aromatic nitrogens is 1. The van der Waals surface area contributed by atoms with Crippen LogP contribution < -0.4 is 5.32 Å². The molecule has 0 aliphatic rings. The SMILES string of the molecule is CC(CCCNC(=O)N(C)CCc1ccccn1)C(=O)O. The Morgan fingerprint density at radius 1 is 1.43 bits per heavy atom. The highest BCUT2D eigenvalue weighted by Crippen LogP contribution is 2.04. The normalized spacial score (nSPS) is 11.7. The van der Waals surface area contributed by atoms with E-state index in [1.807, 2.05) is 18.2 Å². The summed E-state index contributed by atoms with van der Waals surface area (Å²) < 4.78 is 0. The molecule has 0 saturated heterocycles. The molecule has 1 unspecified atom stereocenters. The number of amides is 2. The second kappa shape index (κ2) is 8.94. The molecule has 0 aliphatic carbocycles. The number of carboxylic acid groups (broad SMARTS) is 1. The third-order valence-corrected chi connectivity index (χ3v) is 3.29. The van der Waals surface area contributed by atoms with Crippen LogP contribution in [0.4, 0.5) is 4.79 Å². The highest BCUT2D eigenvalue weighted by atomic mass is 16.4. The van der Waals surface area contributed by atoms with Crippen molar-refractivity contribution >= 4 is 12.0 Å². The summed E-state index contributed by atoms with van der Waals surface area (Å²) in [7, 11) is 1.73. The minimum Gasteiger partial charge on any atom is -0.481 e. The first-order chi connectivity index (χ1) is 10.0. The molecule has 1 rings (SSSR count). The van der Waals surface area contributed by atoms with Crippen LogP contribution in [0.15, 0.2) is 24.4 Å². The van der Waals surface area contributed by atoms with Gasteiger partial charge in [0.25, 0.3) is 0 Å². The van der Waals surface area contributed by atoms with Crippen molar-refractivity contribution in [3.63, 3.8) is 0 Å². The number of hydrogen-bond donors (Lipinski definition) is 2. The third kappa shape index (κ3) is 6.74. The number of carboxylic acids is 1. The first kappa shape index (κ1) is 16.9. The van der Waals surface area contributed by atoms with Crippen LogP contribution in [0, 0.1) is 5.92 Å². The van der Waals surface area contributed by atoms with Gasteiger partial charge in [0, 0.05) is 38.4 Å². The number of aliphatic carboxylic acids is 1. The van der Waals surface area contributed by atoms with Crippen LogP contribution in [0.1, 0.15) is 25.5 Å².